The van der Waals surface area contributed by atoms with Gasteiger partial charge in [0.05, 0.1) is 0 Å². The van der Waals surface area contributed by atoms with Crippen LogP contribution in [0.15, 0.2) is 40.4 Å². The van der Waals surface area contributed by atoms with Gasteiger partial charge in [0.25, 0.3) is 0 Å². The van der Waals surface area contributed by atoms with Crippen LogP contribution in [0.4, 0.5) is 0 Å². The fraction of sp³-hybridized carbons (Fsp3) is 0.467. The third-order valence-electron chi connectivity index (χ3n) is 7.25. The van der Waals surface area contributed by atoms with Crippen molar-refractivity contribution in [1.29, 1.82) is 0 Å². The van der Waals surface area contributed by atoms with E-state index in [-0.39, 0.29) is 24.8 Å². The standard InChI is InChI=1S/C5H5.C4H4N.C2H7Si.4CH3.2ClH.Ti/c2*1-2-4-5-3-1;1-3-2;;;;;;;/h1-3H,4H2;1-3,5H;3H,1-2H3;4*1H3;2*1H;. The first-order valence-corrected chi connectivity index (χ1v) is 20.6. The maximum Gasteiger partial charge on any atom is -0.147 e. The van der Waals surface area contributed by atoms with Gasteiger partial charge in [-0.3, -0.25) is 0 Å². The minimum Gasteiger partial charge on any atom is -0.147 e. The molecule has 0 spiro atoms. The molecular formula is C15H30Cl2NSiTi. The van der Waals surface area contributed by atoms with E-state index in [1.165, 1.54) is 4.00 Å². The Morgan fingerprint density at radius 3 is 2.05 bits per heavy atom. The van der Waals surface area contributed by atoms with Crippen LogP contribution in [0.25, 0.3) is 0 Å². The molecule has 1 heterocycles. The molecule has 0 saturated heterocycles. The van der Waals surface area contributed by atoms with Crippen molar-refractivity contribution in [1.82, 2.24) is 4.98 Å². The van der Waals surface area contributed by atoms with Gasteiger partial charge in [-0.15, -0.1) is 24.8 Å². The van der Waals surface area contributed by atoms with Crippen LogP contribution >= 0.6 is 24.8 Å². The van der Waals surface area contributed by atoms with E-state index in [1.807, 2.05) is 0 Å². The van der Waals surface area contributed by atoms with Crippen molar-refractivity contribution in [2.24, 2.45) is 0 Å². The molecule has 0 fully saturated rings. The summed E-state index contributed by atoms with van der Waals surface area (Å²) in [5.74, 6) is 0. The van der Waals surface area contributed by atoms with Crippen molar-refractivity contribution in [2.75, 3.05) is 0 Å². The third-order valence-corrected chi connectivity index (χ3v) is 53.3. The minimum absolute atomic E-state index is 0. The molecule has 117 valence electrons. The molecule has 20 heavy (non-hydrogen) atoms. The van der Waals surface area contributed by atoms with Crippen molar-refractivity contribution in [3.05, 3.63) is 40.4 Å². The van der Waals surface area contributed by atoms with E-state index in [0.717, 1.165) is 6.42 Å². The van der Waals surface area contributed by atoms with Crippen LogP contribution in [-0.2, 0) is 12.0 Å². The van der Waals surface area contributed by atoms with Gasteiger partial charge in [0.1, 0.15) is 0 Å². The molecule has 1 aromatic rings. The normalized spacial score (nSPS) is 19.9. The van der Waals surface area contributed by atoms with Crippen LogP contribution in [0.1, 0.15) is 6.42 Å². The Kier molecular flexibility index (Phi) is 4.45. The monoisotopic (exact) mass is 370 g/mol. The summed E-state index contributed by atoms with van der Waals surface area (Å²) in [5.41, 5.74) is 0. The summed E-state index contributed by atoms with van der Waals surface area (Å²) in [7, 11) is 0. The van der Waals surface area contributed by atoms with Crippen molar-refractivity contribution >= 4 is 35.5 Å². The molecule has 2 rings (SSSR count). The average molecular weight is 371 g/mol. The Balaban J connectivity index is 0.00000180. The van der Waals surface area contributed by atoms with Crippen LogP contribution in [-0.4, -0.2) is 11.6 Å². The molecule has 1 nitrogen and oxygen atoms in total. The first kappa shape index (κ1) is 20.3. The predicted molar refractivity (Wildman–Crippen MR) is 99.1 cm³/mol. The molecule has 0 aromatic carbocycles. The molecule has 0 saturated carbocycles. The van der Waals surface area contributed by atoms with Crippen LogP contribution in [0.2, 0.25) is 34.0 Å². The number of hydrogen-bond donors (Lipinski definition) is 1. The number of H-pyrrole nitrogens is 1. The summed E-state index contributed by atoms with van der Waals surface area (Å²) in [6.07, 6.45) is 10.2. The molecule has 0 amide bonds. The fourth-order valence-corrected chi connectivity index (χ4v) is 19.3. The smallest absolute Gasteiger partial charge is 0.147 e. The number of halogens is 2. The second-order valence-electron chi connectivity index (χ2n) is 10.1. The molecule has 0 unspecified atom stereocenters. The van der Waals surface area contributed by atoms with Crippen LogP contribution in [0, 0.1) is 0 Å². The van der Waals surface area contributed by atoms with Gasteiger partial charge in [0.2, 0.25) is 0 Å². The topological polar surface area (TPSA) is 15.8 Å². The molecule has 5 heteroatoms. The third kappa shape index (κ3) is 2.16. The maximum atomic E-state index is 3.60. The van der Waals surface area contributed by atoms with E-state index in [4.69, 9.17) is 0 Å². The van der Waals surface area contributed by atoms with E-state index >= 15 is 0 Å². The van der Waals surface area contributed by atoms with Crippen molar-refractivity contribution < 1.29 is 12.0 Å². The molecule has 0 radical (unpaired) electrons. The summed E-state index contributed by atoms with van der Waals surface area (Å²) in [6, 6.07) is 4.50. The van der Waals surface area contributed by atoms with Crippen molar-refractivity contribution in [3.8, 4) is 0 Å². The number of allylic oxidation sites excluding steroid dienone is 4. The SMILES string of the molecule is C[SiH](C)[Ti]([CH3])([CH3])([CH3])([CH3])([C]1=CC=CC1)[c]1ccc[nH]1.Cl.Cl. The van der Waals surface area contributed by atoms with Gasteiger partial charge in [-0.2, -0.15) is 0 Å². The minimum atomic E-state index is -3.81. The summed E-state index contributed by atoms with van der Waals surface area (Å²) >= 11 is -3.81. The van der Waals surface area contributed by atoms with E-state index in [9.17, 15) is 0 Å². The molecule has 1 aromatic heterocycles. The van der Waals surface area contributed by atoms with E-state index in [0.29, 0.717) is 0 Å². The Labute approximate surface area is 132 Å². The van der Waals surface area contributed by atoms with E-state index in [1.54, 1.807) is 3.88 Å². The van der Waals surface area contributed by atoms with Crippen molar-refractivity contribution in [2.45, 2.75) is 40.4 Å². The molecule has 1 aliphatic rings. The fourth-order valence-electron chi connectivity index (χ4n) is 3.36. The molecular weight excluding hydrogens is 341 g/mol. The van der Waals surface area contributed by atoms with Gasteiger partial charge < -0.3 is 0 Å². The summed E-state index contributed by atoms with van der Waals surface area (Å²) in [4.78, 5) is 3.60. The average Bonchev–Trinajstić information content (AvgIpc) is 2.92. The van der Waals surface area contributed by atoms with Gasteiger partial charge in [-0.25, -0.2) is 0 Å². The maximum absolute atomic E-state index is 3.81. The largest absolute Gasteiger partial charge is 0.147 e. The molecule has 0 bridgehead atoms. The zero-order valence-electron chi connectivity index (χ0n) is 13.6. The van der Waals surface area contributed by atoms with Crippen LogP contribution in [0.3, 0.4) is 0 Å². The molecule has 1 aliphatic carbocycles. The van der Waals surface area contributed by atoms with Gasteiger partial charge in [0.15, 0.2) is 0 Å². The van der Waals surface area contributed by atoms with Gasteiger partial charge >= 0.3 is 109 Å². The first-order chi connectivity index (χ1) is 7.95. The number of hydrogen-bond acceptors (Lipinski definition) is 0. The zero-order valence-corrected chi connectivity index (χ0v) is 17.9. The summed E-state index contributed by atoms with van der Waals surface area (Å²) in [5, 5.41) is 10.6. The first-order valence-electron chi connectivity index (χ1n) is 7.15. The Bertz CT molecular complexity index is 572. The molecule has 1 N–H and O–H groups in total. The van der Waals surface area contributed by atoms with Gasteiger partial charge in [-0.1, -0.05) is 0 Å². The van der Waals surface area contributed by atoms with E-state index < -0.39 is 18.7 Å². The number of aromatic nitrogens is 1. The second-order valence-corrected chi connectivity index (χ2v) is 52.1. The molecule has 0 atom stereocenters. The van der Waals surface area contributed by atoms with Gasteiger partial charge in [-0.05, 0) is 0 Å². The Morgan fingerprint density at radius 1 is 1.10 bits per heavy atom. The van der Waals surface area contributed by atoms with Crippen LogP contribution < -0.4 is 4.00 Å². The predicted octanol–water partition coefficient (Wildman–Crippen LogP) is 5.26. The zero-order chi connectivity index (χ0) is 13.8. The van der Waals surface area contributed by atoms with Gasteiger partial charge in [0, 0.05) is 0 Å². The van der Waals surface area contributed by atoms with E-state index in [2.05, 4.69) is 75.5 Å². The molecule has 0 aliphatic heterocycles. The number of rotatable bonds is 3. The quantitative estimate of drug-likeness (QED) is 0.698. The summed E-state index contributed by atoms with van der Waals surface area (Å²) in [6.45, 7) is 4.12. The number of nitrogens with one attached hydrogen (secondary N) is 1. The van der Waals surface area contributed by atoms with Crippen LogP contribution in [0.5, 0.6) is 0 Å². The van der Waals surface area contributed by atoms with Crippen molar-refractivity contribution in [3.63, 3.8) is 0 Å². The summed E-state index contributed by atoms with van der Waals surface area (Å²) < 4.78 is 3.22. The Hall–Kier alpha value is 0.271. The Morgan fingerprint density at radius 2 is 1.70 bits per heavy atom. The second kappa shape index (κ2) is 4.39. The number of aromatic amines is 1.